The van der Waals surface area contributed by atoms with Crippen LogP contribution in [-0.4, -0.2) is 21.7 Å². The molecule has 3 aromatic carbocycles. The third-order valence-electron chi connectivity index (χ3n) is 4.51. The number of carbonyl (C=O) groups is 2. The first kappa shape index (κ1) is 19.1. The van der Waals surface area contributed by atoms with Crippen molar-refractivity contribution in [3.8, 4) is 5.75 Å². The number of anilines is 1. The van der Waals surface area contributed by atoms with Gasteiger partial charge in [0, 0.05) is 23.7 Å². The van der Waals surface area contributed by atoms with Crippen molar-refractivity contribution in [3.63, 3.8) is 0 Å². The number of nitrogens with one attached hydrogen (secondary N) is 1. The van der Waals surface area contributed by atoms with E-state index < -0.39 is 5.97 Å². The number of hydrogen-bond acceptors (Lipinski definition) is 5. The second-order valence-electron chi connectivity index (χ2n) is 6.56. The summed E-state index contributed by atoms with van der Waals surface area (Å²) in [5.41, 5.74) is 0.866. The molecule has 1 N–H and O–H groups in total. The van der Waals surface area contributed by atoms with Crippen LogP contribution >= 0.6 is 0 Å². The monoisotopic (exact) mass is 399 g/mol. The number of amides is 1. The van der Waals surface area contributed by atoms with Crippen LogP contribution in [0.25, 0.3) is 10.8 Å². The van der Waals surface area contributed by atoms with Crippen molar-refractivity contribution in [3.05, 3.63) is 100 Å². The van der Waals surface area contributed by atoms with E-state index >= 15 is 0 Å². The Morgan fingerprint density at radius 3 is 2.20 bits per heavy atom. The average Bonchev–Trinajstić information content (AvgIpc) is 2.78. The number of ether oxygens (including phenoxy) is 1. The highest BCUT2D eigenvalue weighted by Crippen LogP contribution is 2.19. The molecule has 0 radical (unpaired) electrons. The minimum Gasteiger partial charge on any atom is -0.422 e. The Morgan fingerprint density at radius 2 is 1.50 bits per heavy atom. The Hall–Kier alpha value is -4.26. The van der Waals surface area contributed by atoms with Gasteiger partial charge in [0.05, 0.1) is 5.39 Å². The van der Waals surface area contributed by atoms with E-state index in [2.05, 4.69) is 10.4 Å². The molecule has 1 heterocycles. The molecule has 0 fully saturated rings. The van der Waals surface area contributed by atoms with Crippen LogP contribution in [0.3, 0.4) is 0 Å². The first-order valence-corrected chi connectivity index (χ1v) is 9.17. The zero-order chi connectivity index (χ0) is 21.1. The van der Waals surface area contributed by atoms with Gasteiger partial charge in [-0.1, -0.05) is 36.4 Å². The Kier molecular flexibility index (Phi) is 5.09. The molecule has 7 heteroatoms. The maximum atomic E-state index is 12.7. The van der Waals surface area contributed by atoms with E-state index in [1.54, 1.807) is 72.8 Å². The van der Waals surface area contributed by atoms with Crippen molar-refractivity contribution >= 4 is 28.3 Å². The highest BCUT2D eigenvalue weighted by molar-refractivity contribution is 6.04. The largest absolute Gasteiger partial charge is 0.422 e. The molecule has 1 amide bonds. The lowest BCUT2D eigenvalue weighted by Gasteiger charge is -2.09. The summed E-state index contributed by atoms with van der Waals surface area (Å²) in [5.74, 6) is -0.624. The molecular formula is C23H17N3O4. The zero-order valence-electron chi connectivity index (χ0n) is 16.0. The van der Waals surface area contributed by atoms with Crippen molar-refractivity contribution in [2.45, 2.75) is 0 Å². The highest BCUT2D eigenvalue weighted by Gasteiger charge is 2.17. The minimum atomic E-state index is -0.678. The highest BCUT2D eigenvalue weighted by atomic mass is 16.5. The van der Waals surface area contributed by atoms with Crippen LogP contribution in [0, 0.1) is 0 Å². The standard InChI is InChI=1S/C23H17N3O4/c1-26-22(28)19-10-6-5-9-18(19)20(25-26)23(29)30-17-13-11-16(12-14-17)24-21(27)15-7-3-2-4-8-15/h2-14H,1H3,(H,24,27). The third kappa shape index (κ3) is 3.81. The normalized spacial score (nSPS) is 10.6. The average molecular weight is 399 g/mol. The van der Waals surface area contributed by atoms with Crippen molar-refractivity contribution in [1.82, 2.24) is 9.78 Å². The van der Waals surface area contributed by atoms with Gasteiger partial charge in [-0.3, -0.25) is 9.59 Å². The van der Waals surface area contributed by atoms with Gasteiger partial charge in [-0.05, 0) is 42.5 Å². The molecule has 0 atom stereocenters. The van der Waals surface area contributed by atoms with Gasteiger partial charge in [-0.2, -0.15) is 5.10 Å². The first-order valence-electron chi connectivity index (χ1n) is 9.17. The van der Waals surface area contributed by atoms with Gasteiger partial charge in [0.25, 0.3) is 11.5 Å². The molecule has 0 aliphatic rings. The van der Waals surface area contributed by atoms with Crippen LogP contribution in [0.5, 0.6) is 5.75 Å². The fourth-order valence-corrected chi connectivity index (χ4v) is 3.00. The lowest BCUT2D eigenvalue weighted by atomic mass is 10.1. The smallest absolute Gasteiger partial charge is 0.364 e. The van der Waals surface area contributed by atoms with Crippen LogP contribution in [0.1, 0.15) is 20.8 Å². The summed E-state index contributed by atoms with van der Waals surface area (Å²) in [7, 11) is 1.48. The number of carbonyl (C=O) groups excluding carboxylic acids is 2. The minimum absolute atomic E-state index is 0.0501. The Bertz CT molecular complexity index is 1300. The molecule has 148 valence electrons. The molecule has 7 nitrogen and oxygen atoms in total. The van der Waals surface area contributed by atoms with Gasteiger partial charge in [0.15, 0.2) is 5.69 Å². The number of esters is 1. The first-order chi connectivity index (χ1) is 14.5. The van der Waals surface area contributed by atoms with E-state index in [1.807, 2.05) is 6.07 Å². The number of rotatable bonds is 4. The number of hydrogen-bond donors (Lipinski definition) is 1. The predicted molar refractivity (Wildman–Crippen MR) is 113 cm³/mol. The second-order valence-corrected chi connectivity index (χ2v) is 6.56. The summed E-state index contributed by atoms with van der Waals surface area (Å²) in [6.07, 6.45) is 0. The summed E-state index contributed by atoms with van der Waals surface area (Å²) in [6.45, 7) is 0. The summed E-state index contributed by atoms with van der Waals surface area (Å²) in [5, 5.41) is 7.66. The van der Waals surface area contributed by atoms with Gasteiger partial charge in [0.1, 0.15) is 5.75 Å². The molecular weight excluding hydrogens is 382 g/mol. The van der Waals surface area contributed by atoms with Crippen LogP contribution in [-0.2, 0) is 7.05 Å². The van der Waals surface area contributed by atoms with Crippen molar-refractivity contribution in [1.29, 1.82) is 0 Å². The quantitative estimate of drug-likeness (QED) is 0.420. The number of fused-ring (bicyclic) bond motifs is 1. The molecule has 4 aromatic rings. The van der Waals surface area contributed by atoms with Crippen molar-refractivity contribution in [2.24, 2.45) is 7.05 Å². The van der Waals surface area contributed by atoms with Crippen molar-refractivity contribution in [2.75, 3.05) is 5.32 Å². The van der Waals surface area contributed by atoms with Gasteiger partial charge in [0.2, 0.25) is 0 Å². The van der Waals surface area contributed by atoms with Crippen LogP contribution in [0.15, 0.2) is 83.7 Å². The van der Waals surface area contributed by atoms with Gasteiger partial charge in [-0.25, -0.2) is 9.48 Å². The molecule has 0 aliphatic heterocycles. The number of aryl methyl sites for hydroxylation is 1. The Morgan fingerprint density at radius 1 is 0.867 bits per heavy atom. The predicted octanol–water partition coefficient (Wildman–Crippen LogP) is 3.41. The van der Waals surface area contributed by atoms with E-state index in [0.29, 0.717) is 22.0 Å². The lowest BCUT2D eigenvalue weighted by Crippen LogP contribution is -2.24. The Labute approximate surface area is 171 Å². The van der Waals surface area contributed by atoms with E-state index in [-0.39, 0.29) is 22.9 Å². The lowest BCUT2D eigenvalue weighted by molar-refractivity contribution is 0.0728. The van der Waals surface area contributed by atoms with Gasteiger partial charge < -0.3 is 10.1 Å². The number of aromatic nitrogens is 2. The molecule has 0 saturated heterocycles. The van der Waals surface area contributed by atoms with Gasteiger partial charge in [-0.15, -0.1) is 0 Å². The van der Waals surface area contributed by atoms with E-state index in [4.69, 9.17) is 4.74 Å². The fraction of sp³-hybridized carbons (Fsp3) is 0.0435. The van der Waals surface area contributed by atoms with Crippen LogP contribution in [0.2, 0.25) is 0 Å². The molecule has 1 aromatic heterocycles. The van der Waals surface area contributed by atoms with Gasteiger partial charge >= 0.3 is 5.97 Å². The summed E-state index contributed by atoms with van der Waals surface area (Å²) in [4.78, 5) is 37.1. The van der Waals surface area contributed by atoms with Crippen LogP contribution in [0.4, 0.5) is 5.69 Å². The Balaban J connectivity index is 1.52. The molecule has 0 spiro atoms. The summed E-state index contributed by atoms with van der Waals surface area (Å²) >= 11 is 0. The fourth-order valence-electron chi connectivity index (χ4n) is 3.00. The number of benzene rings is 3. The molecule has 4 rings (SSSR count). The summed E-state index contributed by atoms with van der Waals surface area (Å²) in [6, 6.07) is 22.0. The van der Waals surface area contributed by atoms with Crippen molar-refractivity contribution < 1.29 is 14.3 Å². The SMILES string of the molecule is Cn1nc(C(=O)Oc2ccc(NC(=O)c3ccccc3)cc2)c2ccccc2c1=O. The molecule has 0 saturated carbocycles. The maximum Gasteiger partial charge on any atom is 0.364 e. The molecule has 0 unspecified atom stereocenters. The topological polar surface area (TPSA) is 90.3 Å². The molecule has 0 aliphatic carbocycles. The van der Waals surface area contributed by atoms with E-state index in [1.165, 1.54) is 7.05 Å². The maximum absolute atomic E-state index is 12.7. The third-order valence-corrected chi connectivity index (χ3v) is 4.51. The molecule has 30 heavy (non-hydrogen) atoms. The zero-order valence-corrected chi connectivity index (χ0v) is 16.0. The van der Waals surface area contributed by atoms with E-state index in [0.717, 1.165) is 4.68 Å². The van der Waals surface area contributed by atoms with Crippen LogP contribution < -0.4 is 15.6 Å². The number of nitrogens with zero attached hydrogens (tertiary/aromatic N) is 2. The van der Waals surface area contributed by atoms with E-state index in [9.17, 15) is 14.4 Å². The second kappa shape index (κ2) is 8.00. The summed E-state index contributed by atoms with van der Waals surface area (Å²) < 4.78 is 6.53. The molecule has 0 bridgehead atoms.